The fourth-order valence-electron chi connectivity index (χ4n) is 4.27. The van der Waals surface area contributed by atoms with Crippen molar-refractivity contribution in [1.82, 2.24) is 4.90 Å². The molecule has 0 radical (unpaired) electrons. The van der Waals surface area contributed by atoms with Crippen molar-refractivity contribution in [3.8, 4) is 0 Å². The van der Waals surface area contributed by atoms with Crippen LogP contribution in [0.2, 0.25) is 10.0 Å². The van der Waals surface area contributed by atoms with Crippen molar-refractivity contribution in [2.24, 2.45) is 5.41 Å². The molecule has 0 bridgehead atoms. The summed E-state index contributed by atoms with van der Waals surface area (Å²) in [6.07, 6.45) is 3.76. The molecule has 2 aliphatic rings. The standard InChI is InChI=1S/C24H25Cl2NO5S/c1-33(29,30)12-10-24(21-15-31-22(32-21)13-17-5-3-2-4-6-17)9-11-27(16-24)23(28)19-8-7-18(25)14-20(19)26/h2-8,14-15,22H,9-13,16H2,1H3. The zero-order valence-electron chi connectivity index (χ0n) is 18.2. The fraction of sp³-hybridized carbons (Fsp3) is 0.375. The maximum atomic E-state index is 13.2. The Kier molecular flexibility index (Phi) is 6.93. The predicted molar refractivity (Wildman–Crippen MR) is 128 cm³/mol. The molecule has 1 amide bonds. The molecule has 176 valence electrons. The maximum absolute atomic E-state index is 13.2. The first-order chi connectivity index (χ1) is 15.7. The molecule has 33 heavy (non-hydrogen) atoms. The number of hydrogen-bond donors (Lipinski definition) is 0. The van der Waals surface area contributed by atoms with Gasteiger partial charge >= 0.3 is 0 Å². The molecule has 0 saturated carbocycles. The van der Waals surface area contributed by atoms with Gasteiger partial charge in [-0.3, -0.25) is 4.79 Å². The Labute approximate surface area is 204 Å². The van der Waals surface area contributed by atoms with Gasteiger partial charge in [-0.2, -0.15) is 0 Å². The van der Waals surface area contributed by atoms with Crippen LogP contribution in [0, 0.1) is 5.41 Å². The smallest absolute Gasteiger partial charge is 0.255 e. The minimum Gasteiger partial charge on any atom is -0.459 e. The second kappa shape index (κ2) is 9.57. The van der Waals surface area contributed by atoms with Gasteiger partial charge in [0.1, 0.15) is 21.9 Å². The van der Waals surface area contributed by atoms with Gasteiger partial charge < -0.3 is 14.4 Å². The van der Waals surface area contributed by atoms with Crippen LogP contribution < -0.4 is 0 Å². The van der Waals surface area contributed by atoms with Gasteiger partial charge in [0, 0.05) is 30.8 Å². The van der Waals surface area contributed by atoms with Gasteiger partial charge in [-0.05, 0) is 36.6 Å². The van der Waals surface area contributed by atoms with Crippen molar-refractivity contribution in [1.29, 1.82) is 0 Å². The number of nitrogens with zero attached hydrogens (tertiary/aromatic N) is 1. The highest BCUT2D eigenvalue weighted by Gasteiger charge is 2.47. The molecule has 0 aromatic heterocycles. The van der Waals surface area contributed by atoms with E-state index in [9.17, 15) is 13.2 Å². The molecule has 1 fully saturated rings. The zero-order chi connectivity index (χ0) is 23.6. The SMILES string of the molecule is CS(=O)(=O)CCC1(C2=COC(Cc3ccccc3)O2)CCN(C(=O)c2ccc(Cl)cc2Cl)C1. The molecular formula is C24H25Cl2NO5S. The van der Waals surface area contributed by atoms with Crippen LogP contribution in [0.1, 0.15) is 28.8 Å². The Hall–Kier alpha value is -2.22. The number of likely N-dealkylation sites (tertiary alicyclic amines) is 1. The van der Waals surface area contributed by atoms with E-state index in [1.165, 1.54) is 12.3 Å². The van der Waals surface area contributed by atoms with Gasteiger partial charge in [0.2, 0.25) is 6.29 Å². The second-order valence-corrected chi connectivity index (χ2v) is 11.7. The van der Waals surface area contributed by atoms with Gasteiger partial charge in [-0.15, -0.1) is 0 Å². The normalized spacial score (nSPS) is 22.6. The van der Waals surface area contributed by atoms with Gasteiger partial charge in [0.05, 0.1) is 21.8 Å². The summed E-state index contributed by atoms with van der Waals surface area (Å²) >= 11 is 12.2. The van der Waals surface area contributed by atoms with E-state index < -0.39 is 21.5 Å². The van der Waals surface area contributed by atoms with Gasteiger partial charge in [0.25, 0.3) is 5.91 Å². The summed E-state index contributed by atoms with van der Waals surface area (Å²) in [6.45, 7) is 0.763. The predicted octanol–water partition coefficient (Wildman–Crippen LogP) is 4.72. The molecule has 0 spiro atoms. The van der Waals surface area contributed by atoms with E-state index in [0.717, 1.165) is 5.56 Å². The van der Waals surface area contributed by atoms with E-state index in [1.54, 1.807) is 23.3 Å². The Balaban J connectivity index is 1.52. The average molecular weight is 510 g/mol. The van der Waals surface area contributed by atoms with E-state index >= 15 is 0 Å². The minimum absolute atomic E-state index is 0.0131. The molecule has 0 N–H and O–H groups in total. The lowest BCUT2D eigenvalue weighted by Crippen LogP contribution is -2.35. The maximum Gasteiger partial charge on any atom is 0.255 e. The number of ether oxygens (including phenoxy) is 2. The number of sulfone groups is 1. The second-order valence-electron chi connectivity index (χ2n) is 8.62. The number of benzene rings is 2. The first-order valence-corrected chi connectivity index (χ1v) is 13.5. The minimum atomic E-state index is -3.21. The Morgan fingerprint density at radius 1 is 1.18 bits per heavy atom. The molecule has 4 rings (SSSR count). The monoisotopic (exact) mass is 509 g/mol. The van der Waals surface area contributed by atoms with Crippen LogP contribution in [-0.2, 0) is 25.7 Å². The van der Waals surface area contributed by atoms with E-state index in [2.05, 4.69) is 0 Å². The summed E-state index contributed by atoms with van der Waals surface area (Å²) in [5.74, 6) is 0.351. The van der Waals surface area contributed by atoms with E-state index in [4.69, 9.17) is 32.7 Å². The summed E-state index contributed by atoms with van der Waals surface area (Å²) in [5, 5.41) is 0.732. The Bertz CT molecular complexity index is 1170. The lowest BCUT2D eigenvalue weighted by Gasteiger charge is -2.29. The van der Waals surface area contributed by atoms with Crippen LogP contribution in [0.25, 0.3) is 0 Å². The summed E-state index contributed by atoms with van der Waals surface area (Å²) < 4.78 is 35.9. The molecule has 0 aliphatic carbocycles. The summed E-state index contributed by atoms with van der Waals surface area (Å²) in [6, 6.07) is 14.6. The molecule has 2 aromatic carbocycles. The number of hydrogen-bond acceptors (Lipinski definition) is 5. The Morgan fingerprint density at radius 3 is 2.64 bits per heavy atom. The fourth-order valence-corrected chi connectivity index (χ4v) is 5.52. The Morgan fingerprint density at radius 2 is 1.94 bits per heavy atom. The molecular weight excluding hydrogens is 485 g/mol. The molecule has 2 unspecified atom stereocenters. The molecule has 6 nitrogen and oxygen atoms in total. The van der Waals surface area contributed by atoms with Crippen LogP contribution in [0.5, 0.6) is 0 Å². The number of carbonyl (C=O) groups is 1. The van der Waals surface area contributed by atoms with Crippen LogP contribution in [0.4, 0.5) is 0 Å². The zero-order valence-corrected chi connectivity index (χ0v) is 20.5. The third-order valence-corrected chi connectivity index (χ3v) is 7.60. The topological polar surface area (TPSA) is 72.9 Å². The highest BCUT2D eigenvalue weighted by molar-refractivity contribution is 7.90. The number of carbonyl (C=O) groups excluding carboxylic acids is 1. The van der Waals surface area contributed by atoms with Crippen molar-refractivity contribution >= 4 is 38.9 Å². The van der Waals surface area contributed by atoms with Gasteiger partial charge in [-0.1, -0.05) is 53.5 Å². The molecule has 9 heteroatoms. The van der Waals surface area contributed by atoms with Crippen molar-refractivity contribution in [2.75, 3.05) is 25.1 Å². The molecule has 1 saturated heterocycles. The molecule has 2 aliphatic heterocycles. The van der Waals surface area contributed by atoms with E-state index in [-0.39, 0.29) is 16.7 Å². The third-order valence-electron chi connectivity index (χ3n) is 6.11. The molecule has 2 atom stereocenters. The molecule has 2 aromatic rings. The average Bonchev–Trinajstić information content (AvgIpc) is 3.40. The summed E-state index contributed by atoms with van der Waals surface area (Å²) in [4.78, 5) is 14.9. The van der Waals surface area contributed by atoms with Gasteiger partial charge in [0.15, 0.2) is 0 Å². The van der Waals surface area contributed by atoms with E-state index in [0.29, 0.717) is 48.7 Å². The highest BCUT2D eigenvalue weighted by Crippen LogP contribution is 2.45. The van der Waals surface area contributed by atoms with Crippen LogP contribution >= 0.6 is 23.2 Å². The molecule has 2 heterocycles. The van der Waals surface area contributed by atoms with Crippen molar-refractivity contribution in [2.45, 2.75) is 25.6 Å². The van der Waals surface area contributed by atoms with Crippen LogP contribution in [0.3, 0.4) is 0 Å². The van der Waals surface area contributed by atoms with Crippen molar-refractivity contribution in [3.63, 3.8) is 0 Å². The van der Waals surface area contributed by atoms with E-state index in [1.807, 2.05) is 30.3 Å². The van der Waals surface area contributed by atoms with Crippen LogP contribution in [-0.4, -0.2) is 50.6 Å². The number of amides is 1. The first-order valence-electron chi connectivity index (χ1n) is 10.6. The summed E-state index contributed by atoms with van der Waals surface area (Å²) in [7, 11) is -3.21. The summed E-state index contributed by atoms with van der Waals surface area (Å²) in [5.41, 5.74) is 0.783. The van der Waals surface area contributed by atoms with Gasteiger partial charge in [-0.25, -0.2) is 8.42 Å². The lowest BCUT2D eigenvalue weighted by molar-refractivity contribution is -0.0440. The highest BCUT2D eigenvalue weighted by atomic mass is 35.5. The van der Waals surface area contributed by atoms with Crippen molar-refractivity contribution < 1.29 is 22.7 Å². The quantitative estimate of drug-likeness (QED) is 0.539. The van der Waals surface area contributed by atoms with Crippen molar-refractivity contribution in [3.05, 3.63) is 81.7 Å². The first kappa shape index (κ1) is 23.9. The number of rotatable bonds is 7. The lowest BCUT2D eigenvalue weighted by atomic mass is 9.82. The third kappa shape index (κ3) is 5.65. The van der Waals surface area contributed by atoms with Crippen LogP contribution in [0.15, 0.2) is 60.6 Å². The number of halogens is 2. The largest absolute Gasteiger partial charge is 0.459 e.